The number of amides is 1. The number of carbonyl (C=O) groups excluding carboxylic acids is 1. The maximum absolute atomic E-state index is 12.1. The highest BCUT2D eigenvalue weighted by Crippen LogP contribution is 2.29. The summed E-state index contributed by atoms with van der Waals surface area (Å²) >= 11 is 0. The lowest BCUT2D eigenvalue weighted by molar-refractivity contribution is -0.385. The lowest BCUT2D eigenvalue weighted by atomic mass is 10.1. The van der Waals surface area contributed by atoms with Gasteiger partial charge in [-0.2, -0.15) is 0 Å². The van der Waals surface area contributed by atoms with Crippen LogP contribution in [0.5, 0.6) is 5.75 Å². The summed E-state index contributed by atoms with van der Waals surface area (Å²) in [5, 5.41) is 24.3. The molecule has 9 heteroatoms. The molecule has 0 aliphatic heterocycles. The van der Waals surface area contributed by atoms with E-state index in [4.69, 9.17) is 4.74 Å². The largest absolute Gasteiger partial charge is 0.495 e. The van der Waals surface area contributed by atoms with Crippen LogP contribution in [0.1, 0.15) is 5.56 Å². The first-order valence-corrected chi connectivity index (χ1v) is 6.77. The fourth-order valence-electron chi connectivity index (χ4n) is 2.11. The van der Waals surface area contributed by atoms with Crippen LogP contribution in [0.15, 0.2) is 42.5 Å². The Balaban J connectivity index is 2.23. The van der Waals surface area contributed by atoms with Gasteiger partial charge in [-0.15, -0.1) is 0 Å². The lowest BCUT2D eigenvalue weighted by Gasteiger charge is -2.10. The quantitative estimate of drug-likeness (QED) is 0.641. The smallest absolute Gasteiger partial charge is 0.273 e. The minimum atomic E-state index is -0.600. The maximum atomic E-state index is 12.1. The first-order valence-electron chi connectivity index (χ1n) is 6.77. The van der Waals surface area contributed by atoms with Crippen LogP contribution >= 0.6 is 0 Å². The first kappa shape index (κ1) is 16.9. The molecule has 2 aromatic carbocycles. The number of benzene rings is 2. The summed E-state index contributed by atoms with van der Waals surface area (Å²) in [6.45, 7) is 0. The molecule has 0 spiro atoms. The zero-order valence-corrected chi connectivity index (χ0v) is 12.6. The molecule has 0 aliphatic carbocycles. The van der Waals surface area contributed by atoms with Gasteiger partial charge in [-0.1, -0.05) is 18.2 Å². The Labute approximate surface area is 136 Å². The Morgan fingerprint density at radius 2 is 1.83 bits per heavy atom. The number of hydrogen-bond donors (Lipinski definition) is 1. The maximum Gasteiger partial charge on any atom is 0.273 e. The second kappa shape index (κ2) is 7.18. The molecule has 0 saturated heterocycles. The molecule has 1 N–H and O–H groups in total. The lowest BCUT2D eigenvalue weighted by Crippen LogP contribution is -2.16. The third kappa shape index (κ3) is 3.83. The van der Waals surface area contributed by atoms with Gasteiger partial charge in [-0.05, 0) is 6.07 Å². The number of rotatable bonds is 6. The van der Waals surface area contributed by atoms with E-state index in [-0.39, 0.29) is 34.8 Å². The molecule has 0 aliphatic rings. The topological polar surface area (TPSA) is 125 Å². The first-order chi connectivity index (χ1) is 11.4. The Hall–Kier alpha value is -3.49. The molecule has 9 nitrogen and oxygen atoms in total. The van der Waals surface area contributed by atoms with Gasteiger partial charge in [0.2, 0.25) is 5.91 Å². The number of para-hydroxylation sites is 1. The van der Waals surface area contributed by atoms with Crippen LogP contribution in [-0.2, 0) is 11.2 Å². The number of nitro benzene ring substituents is 2. The molecule has 0 saturated carbocycles. The highest BCUT2D eigenvalue weighted by Gasteiger charge is 2.18. The fourth-order valence-corrected chi connectivity index (χ4v) is 2.11. The third-order valence-corrected chi connectivity index (χ3v) is 3.21. The Morgan fingerprint density at radius 3 is 2.46 bits per heavy atom. The summed E-state index contributed by atoms with van der Waals surface area (Å²) in [7, 11) is 1.36. The van der Waals surface area contributed by atoms with Crippen molar-refractivity contribution < 1.29 is 19.4 Å². The van der Waals surface area contributed by atoms with E-state index in [1.165, 1.54) is 37.4 Å². The Morgan fingerprint density at radius 1 is 1.12 bits per heavy atom. The van der Waals surface area contributed by atoms with Crippen LogP contribution in [0.3, 0.4) is 0 Å². The molecular weight excluding hydrogens is 318 g/mol. The summed E-state index contributed by atoms with van der Waals surface area (Å²) in [4.78, 5) is 32.8. The van der Waals surface area contributed by atoms with E-state index < -0.39 is 15.8 Å². The zero-order chi connectivity index (χ0) is 17.7. The van der Waals surface area contributed by atoms with Crippen molar-refractivity contribution in [2.45, 2.75) is 6.42 Å². The predicted octanol–water partition coefficient (Wildman–Crippen LogP) is 2.69. The molecule has 0 atom stereocenters. The van der Waals surface area contributed by atoms with E-state index in [0.29, 0.717) is 0 Å². The summed E-state index contributed by atoms with van der Waals surface area (Å²) in [5.41, 5.74) is -0.0184. The fraction of sp³-hybridized carbons (Fsp3) is 0.133. The molecule has 1 amide bonds. The number of non-ortho nitro benzene ring substituents is 1. The van der Waals surface area contributed by atoms with Crippen molar-refractivity contribution >= 4 is 23.0 Å². The van der Waals surface area contributed by atoms with Crippen LogP contribution in [-0.4, -0.2) is 22.9 Å². The SMILES string of the molecule is COc1ccc([N+](=O)[O-])cc1NC(=O)Cc1ccccc1[N+](=O)[O-]. The standard InChI is InChI=1S/C15H13N3O6/c1-24-14-7-6-11(17(20)21)9-12(14)16-15(19)8-10-4-2-3-5-13(10)18(22)23/h2-7,9H,8H2,1H3,(H,16,19). The predicted molar refractivity (Wildman–Crippen MR) is 85.1 cm³/mol. The number of methoxy groups -OCH3 is 1. The molecule has 0 aromatic heterocycles. The van der Waals surface area contributed by atoms with Gasteiger partial charge in [0.05, 0.1) is 29.1 Å². The minimum absolute atomic E-state index is 0.121. The average molecular weight is 331 g/mol. The van der Waals surface area contributed by atoms with E-state index in [2.05, 4.69) is 5.32 Å². The summed E-state index contributed by atoms with van der Waals surface area (Å²) in [6, 6.07) is 9.64. The number of anilines is 1. The van der Waals surface area contributed by atoms with Crippen molar-refractivity contribution in [2.75, 3.05) is 12.4 Å². The van der Waals surface area contributed by atoms with Gasteiger partial charge >= 0.3 is 0 Å². The summed E-state index contributed by atoms with van der Waals surface area (Å²) in [5.74, 6) is -0.306. The second-order valence-electron chi connectivity index (χ2n) is 4.75. The highest BCUT2D eigenvalue weighted by atomic mass is 16.6. The van der Waals surface area contributed by atoms with Crippen LogP contribution in [0, 0.1) is 20.2 Å². The number of ether oxygens (including phenoxy) is 1. The van der Waals surface area contributed by atoms with Crippen molar-refractivity contribution in [1.82, 2.24) is 0 Å². The van der Waals surface area contributed by atoms with E-state index >= 15 is 0 Å². The van der Waals surface area contributed by atoms with Crippen molar-refractivity contribution in [1.29, 1.82) is 0 Å². The summed E-state index contributed by atoms with van der Waals surface area (Å²) < 4.78 is 5.05. The normalized spacial score (nSPS) is 10.0. The monoisotopic (exact) mass is 331 g/mol. The van der Waals surface area contributed by atoms with E-state index in [9.17, 15) is 25.0 Å². The highest BCUT2D eigenvalue weighted by molar-refractivity contribution is 5.94. The minimum Gasteiger partial charge on any atom is -0.495 e. The molecule has 2 rings (SSSR count). The summed E-state index contributed by atoms with van der Waals surface area (Å²) in [6.07, 6.45) is -0.247. The Bertz CT molecular complexity index is 806. The molecular formula is C15H13N3O6. The van der Waals surface area contributed by atoms with Crippen molar-refractivity contribution in [2.24, 2.45) is 0 Å². The molecule has 0 radical (unpaired) electrons. The van der Waals surface area contributed by atoms with Gasteiger partial charge in [0.25, 0.3) is 11.4 Å². The van der Waals surface area contributed by atoms with Crippen molar-refractivity contribution in [3.05, 3.63) is 68.3 Å². The van der Waals surface area contributed by atoms with E-state index in [1.807, 2.05) is 0 Å². The zero-order valence-electron chi connectivity index (χ0n) is 12.6. The van der Waals surface area contributed by atoms with Crippen molar-refractivity contribution in [3.8, 4) is 5.75 Å². The number of carbonyl (C=O) groups is 1. The molecule has 2 aromatic rings. The van der Waals surface area contributed by atoms with E-state index in [1.54, 1.807) is 6.07 Å². The molecule has 124 valence electrons. The van der Waals surface area contributed by atoms with Crippen molar-refractivity contribution in [3.63, 3.8) is 0 Å². The molecule has 24 heavy (non-hydrogen) atoms. The number of nitrogens with zero attached hydrogens (tertiary/aromatic N) is 2. The van der Waals surface area contributed by atoms with Gasteiger partial charge in [0.1, 0.15) is 5.75 Å². The van der Waals surface area contributed by atoms with Gasteiger partial charge in [0, 0.05) is 23.8 Å². The number of hydrogen-bond acceptors (Lipinski definition) is 6. The number of nitrogens with one attached hydrogen (secondary N) is 1. The molecule has 0 fully saturated rings. The molecule has 0 heterocycles. The Kier molecular flexibility index (Phi) is 5.05. The molecule has 0 bridgehead atoms. The van der Waals surface area contributed by atoms with Gasteiger partial charge in [-0.25, -0.2) is 0 Å². The molecule has 0 unspecified atom stereocenters. The van der Waals surface area contributed by atoms with Gasteiger partial charge < -0.3 is 10.1 Å². The van der Waals surface area contributed by atoms with Crippen LogP contribution in [0.25, 0.3) is 0 Å². The van der Waals surface area contributed by atoms with Gasteiger partial charge in [-0.3, -0.25) is 25.0 Å². The van der Waals surface area contributed by atoms with Crippen LogP contribution in [0.2, 0.25) is 0 Å². The number of nitro groups is 2. The van der Waals surface area contributed by atoms with Crippen LogP contribution < -0.4 is 10.1 Å². The van der Waals surface area contributed by atoms with Gasteiger partial charge in [0.15, 0.2) is 0 Å². The van der Waals surface area contributed by atoms with E-state index in [0.717, 1.165) is 6.07 Å². The van der Waals surface area contributed by atoms with Crippen LogP contribution in [0.4, 0.5) is 17.1 Å². The second-order valence-corrected chi connectivity index (χ2v) is 4.75. The average Bonchev–Trinajstić information content (AvgIpc) is 2.54. The third-order valence-electron chi connectivity index (χ3n) is 3.21.